The fourth-order valence-corrected chi connectivity index (χ4v) is 2.49. The van der Waals surface area contributed by atoms with Gasteiger partial charge in [0.05, 0.1) is 15.5 Å². The number of non-ortho nitro benzene ring substituents is 2. The van der Waals surface area contributed by atoms with Gasteiger partial charge < -0.3 is 10.6 Å². The minimum atomic E-state index is -0.507. The molecule has 0 saturated heterocycles. The Labute approximate surface area is 163 Å². The number of nitro benzene ring substituents is 2. The second-order valence-electron chi connectivity index (χ2n) is 5.66. The highest BCUT2D eigenvalue weighted by atomic mass is 35.5. The van der Waals surface area contributed by atoms with Crippen LogP contribution in [0.15, 0.2) is 48.5 Å². The van der Waals surface area contributed by atoms with Gasteiger partial charge in [0.25, 0.3) is 11.4 Å². The maximum Gasteiger partial charge on any atom is 0.271 e. The van der Waals surface area contributed by atoms with Crippen molar-refractivity contribution in [2.45, 2.75) is 6.92 Å². The molecule has 0 atom stereocenters. The molecule has 3 rings (SSSR count). The molecule has 0 spiro atoms. The quantitative estimate of drug-likeness (QED) is 0.447. The first-order valence-electron chi connectivity index (χ1n) is 7.90. The van der Waals surface area contributed by atoms with Crippen LogP contribution in [0.2, 0.25) is 5.02 Å². The van der Waals surface area contributed by atoms with Gasteiger partial charge in [-0.05, 0) is 19.1 Å². The van der Waals surface area contributed by atoms with Gasteiger partial charge in [-0.15, -0.1) is 0 Å². The molecule has 0 unspecified atom stereocenters. The molecule has 0 bridgehead atoms. The normalized spacial score (nSPS) is 10.4. The highest BCUT2D eigenvalue weighted by Crippen LogP contribution is 2.29. The molecule has 0 radical (unpaired) electrons. The Bertz CT molecular complexity index is 1080. The van der Waals surface area contributed by atoms with Gasteiger partial charge >= 0.3 is 0 Å². The van der Waals surface area contributed by atoms with E-state index in [1.165, 1.54) is 36.4 Å². The summed E-state index contributed by atoms with van der Waals surface area (Å²) in [5.74, 6) is 0.401. The van der Waals surface area contributed by atoms with Crippen molar-refractivity contribution in [1.29, 1.82) is 0 Å². The predicted octanol–water partition coefficient (Wildman–Crippen LogP) is 4.74. The van der Waals surface area contributed by atoms with Gasteiger partial charge in [-0.2, -0.15) is 4.98 Å². The van der Waals surface area contributed by atoms with Crippen molar-refractivity contribution in [3.05, 3.63) is 79.5 Å². The molecule has 2 N–H and O–H groups in total. The summed E-state index contributed by atoms with van der Waals surface area (Å²) in [6, 6.07) is 11.8. The molecule has 3 aromatic rings. The molecule has 10 nitrogen and oxygen atoms in total. The highest BCUT2D eigenvalue weighted by molar-refractivity contribution is 6.33. The first kappa shape index (κ1) is 19.0. The van der Waals surface area contributed by atoms with Crippen molar-refractivity contribution in [2.75, 3.05) is 10.6 Å². The minimum Gasteiger partial charge on any atom is -0.339 e. The molecular formula is C17H13ClN6O4. The Kier molecular flexibility index (Phi) is 5.32. The smallest absolute Gasteiger partial charge is 0.271 e. The van der Waals surface area contributed by atoms with E-state index in [9.17, 15) is 20.2 Å². The van der Waals surface area contributed by atoms with Crippen LogP contribution >= 0.6 is 11.6 Å². The minimum absolute atomic E-state index is 0.0781. The molecule has 0 aliphatic rings. The van der Waals surface area contributed by atoms with Gasteiger partial charge in [-0.25, -0.2) is 4.98 Å². The van der Waals surface area contributed by atoms with Crippen molar-refractivity contribution in [2.24, 2.45) is 0 Å². The lowest BCUT2D eigenvalue weighted by Crippen LogP contribution is -2.04. The maximum atomic E-state index is 10.9. The number of hydrogen-bond acceptors (Lipinski definition) is 8. The number of nitrogens with one attached hydrogen (secondary N) is 2. The van der Waals surface area contributed by atoms with E-state index >= 15 is 0 Å². The van der Waals surface area contributed by atoms with Crippen LogP contribution < -0.4 is 10.6 Å². The van der Waals surface area contributed by atoms with E-state index < -0.39 is 9.85 Å². The lowest BCUT2D eigenvalue weighted by atomic mass is 10.2. The zero-order valence-electron chi connectivity index (χ0n) is 14.4. The summed E-state index contributed by atoms with van der Waals surface area (Å²) in [7, 11) is 0. The van der Waals surface area contributed by atoms with Crippen molar-refractivity contribution in [1.82, 2.24) is 9.97 Å². The van der Waals surface area contributed by atoms with Crippen LogP contribution in [0, 0.1) is 27.2 Å². The van der Waals surface area contributed by atoms with Gasteiger partial charge in [0.1, 0.15) is 5.02 Å². The molecule has 28 heavy (non-hydrogen) atoms. The fourth-order valence-electron chi connectivity index (χ4n) is 2.36. The summed E-state index contributed by atoms with van der Waals surface area (Å²) in [4.78, 5) is 29.3. The average Bonchev–Trinajstić information content (AvgIpc) is 2.66. The predicted molar refractivity (Wildman–Crippen MR) is 105 cm³/mol. The van der Waals surface area contributed by atoms with Crippen molar-refractivity contribution < 1.29 is 9.85 Å². The first-order chi connectivity index (χ1) is 13.3. The number of aromatic nitrogens is 2. The molecule has 2 aromatic carbocycles. The summed E-state index contributed by atoms with van der Waals surface area (Å²) < 4.78 is 0. The van der Waals surface area contributed by atoms with Crippen LogP contribution in [-0.2, 0) is 0 Å². The van der Waals surface area contributed by atoms with Gasteiger partial charge in [0.15, 0.2) is 5.82 Å². The van der Waals surface area contributed by atoms with Crippen molar-refractivity contribution in [3.8, 4) is 0 Å². The summed E-state index contributed by atoms with van der Waals surface area (Å²) in [5, 5.41) is 27.9. The molecule has 11 heteroatoms. The van der Waals surface area contributed by atoms with E-state index in [4.69, 9.17) is 11.6 Å². The molecule has 1 aromatic heterocycles. The van der Waals surface area contributed by atoms with E-state index in [0.29, 0.717) is 17.1 Å². The molecule has 0 aliphatic carbocycles. The molecule has 0 fully saturated rings. The van der Waals surface area contributed by atoms with Gasteiger partial charge in [-0.1, -0.05) is 23.7 Å². The fraction of sp³-hybridized carbons (Fsp3) is 0.0588. The van der Waals surface area contributed by atoms with E-state index in [-0.39, 0.29) is 28.2 Å². The number of rotatable bonds is 6. The van der Waals surface area contributed by atoms with Crippen LogP contribution in [0.4, 0.5) is 34.5 Å². The SMILES string of the molecule is Cc1nc(Nc2cccc([N+](=O)[O-])c2)nc(Nc2cccc([N+](=O)[O-])c2)c1Cl. The Morgan fingerprint density at radius 1 is 0.893 bits per heavy atom. The lowest BCUT2D eigenvalue weighted by Gasteiger charge is -2.12. The van der Waals surface area contributed by atoms with Gasteiger partial charge in [0.2, 0.25) is 5.95 Å². The number of benzene rings is 2. The summed E-state index contributed by atoms with van der Waals surface area (Å²) in [6.07, 6.45) is 0. The zero-order chi connectivity index (χ0) is 20.3. The Balaban J connectivity index is 1.90. The summed E-state index contributed by atoms with van der Waals surface area (Å²) >= 11 is 6.25. The monoisotopic (exact) mass is 400 g/mol. The van der Waals surface area contributed by atoms with Crippen LogP contribution in [0.3, 0.4) is 0 Å². The number of nitrogens with zero attached hydrogens (tertiary/aromatic N) is 4. The third-order valence-electron chi connectivity index (χ3n) is 3.65. The molecule has 0 aliphatic heterocycles. The van der Waals surface area contributed by atoms with E-state index in [1.807, 2.05) is 0 Å². The number of nitro groups is 2. The van der Waals surface area contributed by atoms with Gasteiger partial charge in [0, 0.05) is 35.6 Å². The van der Waals surface area contributed by atoms with Crippen LogP contribution in [0.25, 0.3) is 0 Å². The molecule has 1 heterocycles. The third-order valence-corrected chi connectivity index (χ3v) is 4.10. The largest absolute Gasteiger partial charge is 0.339 e. The topological polar surface area (TPSA) is 136 Å². The van der Waals surface area contributed by atoms with Gasteiger partial charge in [-0.3, -0.25) is 20.2 Å². The number of hydrogen-bond donors (Lipinski definition) is 2. The molecular weight excluding hydrogens is 388 g/mol. The third kappa shape index (κ3) is 4.30. The zero-order valence-corrected chi connectivity index (χ0v) is 15.2. The van der Waals surface area contributed by atoms with E-state index in [0.717, 1.165) is 0 Å². The number of anilines is 4. The van der Waals surface area contributed by atoms with Crippen LogP contribution in [-0.4, -0.2) is 19.8 Å². The van der Waals surface area contributed by atoms with Crippen LogP contribution in [0.5, 0.6) is 0 Å². The second kappa shape index (κ2) is 7.84. The molecule has 0 amide bonds. The Morgan fingerprint density at radius 2 is 1.43 bits per heavy atom. The number of halogens is 1. The second-order valence-corrected chi connectivity index (χ2v) is 6.04. The lowest BCUT2D eigenvalue weighted by molar-refractivity contribution is -0.385. The molecule has 0 saturated carbocycles. The average molecular weight is 401 g/mol. The highest BCUT2D eigenvalue weighted by Gasteiger charge is 2.13. The van der Waals surface area contributed by atoms with Crippen LogP contribution in [0.1, 0.15) is 5.69 Å². The summed E-state index contributed by atoms with van der Waals surface area (Å²) in [6.45, 7) is 1.67. The van der Waals surface area contributed by atoms with Crippen molar-refractivity contribution in [3.63, 3.8) is 0 Å². The maximum absolute atomic E-state index is 10.9. The summed E-state index contributed by atoms with van der Waals surface area (Å²) in [5.41, 5.74) is 1.15. The standard InChI is InChI=1S/C17H13ClN6O4/c1-10-15(18)16(20-11-4-2-6-13(8-11)23(25)26)22-17(19-10)21-12-5-3-7-14(9-12)24(27)28/h2-9H,1H3,(H2,19,20,21,22). The van der Waals surface area contributed by atoms with Crippen molar-refractivity contribution >= 4 is 46.1 Å². The first-order valence-corrected chi connectivity index (χ1v) is 8.28. The number of aryl methyl sites for hydroxylation is 1. The van der Waals surface area contributed by atoms with E-state index in [2.05, 4.69) is 20.6 Å². The Hall–Kier alpha value is -3.79. The Morgan fingerprint density at radius 3 is 1.96 bits per heavy atom. The molecule has 142 valence electrons. The van der Waals surface area contributed by atoms with E-state index in [1.54, 1.807) is 19.1 Å².